The molecule has 0 bridgehead atoms. The predicted octanol–water partition coefficient (Wildman–Crippen LogP) is 2.63. The number of aromatic nitrogens is 1. The quantitative estimate of drug-likeness (QED) is 0.258. The molecule has 0 radical (unpaired) electrons. The van der Waals surface area contributed by atoms with Gasteiger partial charge in [0.15, 0.2) is 0 Å². The van der Waals surface area contributed by atoms with Crippen LogP contribution in [-0.4, -0.2) is 28.6 Å². The molecule has 0 N–H and O–H groups in total. The Kier molecular flexibility index (Phi) is 7.67. The molecule has 3 aromatic rings. The third-order valence-corrected chi connectivity index (χ3v) is 8.16. The molecule has 0 amide bonds. The van der Waals surface area contributed by atoms with Gasteiger partial charge in [0.25, 0.3) is 0 Å². The summed E-state index contributed by atoms with van der Waals surface area (Å²) in [5.41, 5.74) is 7.00. The van der Waals surface area contributed by atoms with E-state index >= 15 is 0 Å². The van der Waals surface area contributed by atoms with Crippen molar-refractivity contribution in [2.45, 2.75) is 26.7 Å². The van der Waals surface area contributed by atoms with Crippen LogP contribution in [0.4, 0.5) is 5.69 Å². The molecule has 162 valence electrons. The number of anilines is 1. The van der Waals surface area contributed by atoms with Gasteiger partial charge in [-0.1, -0.05) is 0 Å². The molecule has 4 rings (SSSR count). The average Bonchev–Trinajstić information content (AvgIpc) is 3.01. The van der Waals surface area contributed by atoms with Crippen molar-refractivity contribution in [2.24, 2.45) is 12.5 Å². The molecule has 1 aliphatic carbocycles. The van der Waals surface area contributed by atoms with Crippen molar-refractivity contribution in [3.63, 3.8) is 0 Å². The maximum Gasteiger partial charge on any atom is -1.00 e. The minimum atomic E-state index is 0. The van der Waals surface area contributed by atoms with Crippen molar-refractivity contribution >= 4 is 42.1 Å². The fraction of sp³-hybridized carbons (Fsp3) is 0.296. The zero-order valence-corrected chi connectivity index (χ0v) is 22.9. The second-order valence-corrected chi connectivity index (χ2v) is 11.5. The number of para-hydroxylation sites is 1. The Morgan fingerprint density at radius 2 is 1.68 bits per heavy atom. The number of rotatable bonds is 4. The van der Waals surface area contributed by atoms with Gasteiger partial charge >= 0.3 is 173 Å². The van der Waals surface area contributed by atoms with Gasteiger partial charge in [-0.25, -0.2) is 0 Å². The van der Waals surface area contributed by atoms with Crippen LogP contribution in [-0.2, 0) is 7.05 Å². The standard InChI is InChI=1S/C27H31N2Se.HI/c1-27(2)18-21(11-10-20-12-14-23(15-13-20)28(3)4)16-22(19-27)17-26-29(5)24-8-6-7-9-25(24)30-26;/h6-17H,18-19H2,1-5H3;1H/q+1;/p-1. The molecule has 4 heteroatoms. The number of benzene rings is 2. The summed E-state index contributed by atoms with van der Waals surface area (Å²) in [6.07, 6.45) is 11.7. The number of allylic oxidation sites excluding steroid dienone is 4. The zero-order chi connectivity index (χ0) is 21.3. The van der Waals surface area contributed by atoms with Crippen molar-refractivity contribution in [1.82, 2.24) is 0 Å². The van der Waals surface area contributed by atoms with E-state index in [0.29, 0.717) is 14.5 Å². The Hall–Kier alpha value is -1.62. The van der Waals surface area contributed by atoms with Crippen molar-refractivity contribution in [1.29, 1.82) is 0 Å². The first-order valence-electron chi connectivity index (χ1n) is 10.5. The molecule has 2 nitrogen and oxygen atoms in total. The topological polar surface area (TPSA) is 7.12 Å². The number of aryl methyl sites for hydroxylation is 1. The fourth-order valence-electron chi connectivity index (χ4n) is 4.20. The van der Waals surface area contributed by atoms with Gasteiger partial charge in [-0.2, -0.15) is 0 Å². The van der Waals surface area contributed by atoms with Crippen LogP contribution in [0.5, 0.6) is 0 Å². The Morgan fingerprint density at radius 3 is 2.35 bits per heavy atom. The van der Waals surface area contributed by atoms with E-state index in [-0.39, 0.29) is 29.4 Å². The van der Waals surface area contributed by atoms with Crippen LogP contribution < -0.4 is 33.4 Å². The van der Waals surface area contributed by atoms with Crippen LogP contribution in [0, 0.1) is 5.41 Å². The molecule has 0 saturated heterocycles. The van der Waals surface area contributed by atoms with E-state index in [1.54, 1.807) is 0 Å². The van der Waals surface area contributed by atoms with Gasteiger partial charge in [0.2, 0.25) is 0 Å². The molecular formula is C27H31IN2Se. The number of nitrogens with zero attached hydrogens (tertiary/aromatic N) is 2. The third-order valence-electron chi connectivity index (χ3n) is 5.72. The number of hydrogen-bond acceptors (Lipinski definition) is 1. The van der Waals surface area contributed by atoms with Crippen molar-refractivity contribution < 1.29 is 28.5 Å². The molecule has 31 heavy (non-hydrogen) atoms. The summed E-state index contributed by atoms with van der Waals surface area (Å²) in [5, 5.41) is 0. The van der Waals surface area contributed by atoms with E-state index in [2.05, 4.69) is 117 Å². The van der Waals surface area contributed by atoms with Gasteiger partial charge in [0, 0.05) is 14.1 Å². The summed E-state index contributed by atoms with van der Waals surface area (Å²) in [6, 6.07) is 17.5. The molecule has 0 fully saturated rings. The van der Waals surface area contributed by atoms with Crippen molar-refractivity contribution in [3.05, 3.63) is 82.0 Å². The van der Waals surface area contributed by atoms with Crippen LogP contribution in [0.3, 0.4) is 0 Å². The van der Waals surface area contributed by atoms with Crippen LogP contribution in [0.15, 0.2) is 71.8 Å². The van der Waals surface area contributed by atoms with E-state index in [9.17, 15) is 0 Å². The maximum absolute atomic E-state index is 2.45. The number of fused-ring (bicyclic) bond motifs is 1. The zero-order valence-electron chi connectivity index (χ0n) is 19.0. The van der Waals surface area contributed by atoms with Gasteiger partial charge in [-0.05, 0) is 0 Å². The molecule has 1 aromatic heterocycles. The summed E-state index contributed by atoms with van der Waals surface area (Å²) >= 11 is 0.387. The van der Waals surface area contributed by atoms with Crippen LogP contribution in [0.1, 0.15) is 36.8 Å². The normalized spacial score (nSPS) is 17.1. The monoisotopic (exact) mass is 590 g/mol. The SMILES string of the molecule is CN(C)c1ccc(C=CC2=CC(=Cc3[se]c4ccccc4[n+]3C)CC(C)(C)C2)cc1.[I-]. The van der Waals surface area contributed by atoms with E-state index < -0.39 is 0 Å². The summed E-state index contributed by atoms with van der Waals surface area (Å²) < 4.78 is 5.31. The summed E-state index contributed by atoms with van der Waals surface area (Å²) in [5.74, 6) is 0. The molecule has 1 aliphatic rings. The second-order valence-electron chi connectivity index (χ2n) is 9.24. The smallest absolute Gasteiger partial charge is 1.00 e. The molecule has 0 unspecified atom stereocenters. The fourth-order valence-corrected chi connectivity index (χ4v) is 6.56. The molecule has 1 heterocycles. The maximum atomic E-state index is 2.45. The van der Waals surface area contributed by atoms with Gasteiger partial charge < -0.3 is 24.0 Å². The molecule has 0 spiro atoms. The van der Waals surface area contributed by atoms with Crippen LogP contribution >= 0.6 is 0 Å². The van der Waals surface area contributed by atoms with E-state index in [0.717, 1.165) is 12.8 Å². The minimum absolute atomic E-state index is 0. The third kappa shape index (κ3) is 5.79. The van der Waals surface area contributed by atoms with Gasteiger partial charge in [0.1, 0.15) is 0 Å². The Balaban J connectivity index is 0.00000272. The summed E-state index contributed by atoms with van der Waals surface area (Å²) in [7, 11) is 6.36. The molecule has 0 atom stereocenters. The van der Waals surface area contributed by atoms with Crippen molar-refractivity contribution in [2.75, 3.05) is 19.0 Å². The van der Waals surface area contributed by atoms with Crippen LogP contribution in [0.25, 0.3) is 21.9 Å². The minimum Gasteiger partial charge on any atom is -1.00 e. The first-order chi connectivity index (χ1) is 14.3. The largest absolute Gasteiger partial charge is 1.00 e. The van der Waals surface area contributed by atoms with E-state index in [4.69, 9.17) is 0 Å². The predicted molar refractivity (Wildman–Crippen MR) is 131 cm³/mol. The first kappa shape index (κ1) is 24.0. The van der Waals surface area contributed by atoms with Gasteiger partial charge in [0.05, 0.1) is 0 Å². The van der Waals surface area contributed by atoms with Crippen LogP contribution in [0.2, 0.25) is 0 Å². The summed E-state index contributed by atoms with van der Waals surface area (Å²) in [4.78, 5) is 2.13. The number of hydrogen-bond donors (Lipinski definition) is 0. The van der Waals surface area contributed by atoms with E-state index in [1.807, 2.05) is 0 Å². The average molecular weight is 589 g/mol. The molecule has 0 saturated carbocycles. The Morgan fingerprint density at radius 1 is 0.968 bits per heavy atom. The van der Waals surface area contributed by atoms with E-state index in [1.165, 1.54) is 36.7 Å². The molecule has 2 aromatic carbocycles. The van der Waals surface area contributed by atoms with Gasteiger partial charge in [-0.3, -0.25) is 0 Å². The second kappa shape index (κ2) is 9.89. The van der Waals surface area contributed by atoms with Crippen molar-refractivity contribution in [3.8, 4) is 0 Å². The molecule has 0 aliphatic heterocycles. The number of halogens is 1. The molecular weight excluding hydrogens is 558 g/mol. The van der Waals surface area contributed by atoms with Gasteiger partial charge in [-0.15, -0.1) is 0 Å². The Labute approximate surface area is 209 Å². The Bertz CT molecular complexity index is 1150. The summed E-state index contributed by atoms with van der Waals surface area (Å²) in [6.45, 7) is 4.77. The first-order valence-corrected chi connectivity index (χ1v) is 12.3.